The van der Waals surface area contributed by atoms with Gasteiger partial charge in [-0.15, -0.1) is 0 Å². The molecule has 0 aliphatic carbocycles. The van der Waals surface area contributed by atoms with E-state index in [1.165, 1.54) is 21.9 Å². The van der Waals surface area contributed by atoms with Crippen molar-refractivity contribution in [3.63, 3.8) is 0 Å². The lowest BCUT2D eigenvalue weighted by molar-refractivity contribution is -1.02. The van der Waals surface area contributed by atoms with Gasteiger partial charge in [0.05, 0.1) is 0 Å². The van der Waals surface area contributed by atoms with E-state index in [1.54, 1.807) is 0 Å². The fourth-order valence-corrected chi connectivity index (χ4v) is 2.45. The zero-order chi connectivity index (χ0) is 13.0. The molecule has 1 aromatic rings. The van der Waals surface area contributed by atoms with Gasteiger partial charge in [0.1, 0.15) is 38.5 Å². The maximum atomic E-state index is 12.8. The molecule has 1 aromatic carbocycles. The molecule has 0 saturated carbocycles. The lowest BCUT2D eigenvalue weighted by Gasteiger charge is -2.29. The minimum absolute atomic E-state index is 0.190. The third-order valence-electron chi connectivity index (χ3n) is 3.46. The average Bonchev–Trinajstić information content (AvgIpc) is 2.34. The number of hydrogen-bond donors (Lipinski definition) is 3. The van der Waals surface area contributed by atoms with Gasteiger partial charge in [0.15, 0.2) is 6.54 Å². The van der Waals surface area contributed by atoms with Crippen LogP contribution in [-0.2, 0) is 11.3 Å². The Bertz CT molecular complexity index is 399. The Morgan fingerprint density at radius 3 is 2.22 bits per heavy atom. The predicted octanol–water partition coefficient (Wildman–Crippen LogP) is -2.41. The van der Waals surface area contributed by atoms with Crippen molar-refractivity contribution in [3.05, 3.63) is 35.6 Å². The van der Waals surface area contributed by atoms with Crippen LogP contribution in [-0.4, -0.2) is 38.6 Å². The fourth-order valence-electron chi connectivity index (χ4n) is 2.45. The van der Waals surface area contributed by atoms with E-state index >= 15 is 0 Å². The van der Waals surface area contributed by atoms with Crippen LogP contribution in [0, 0.1) is 5.82 Å². The molecule has 2 rings (SSSR count). The number of primary amides is 1. The Kier molecular flexibility index (Phi) is 4.28. The zero-order valence-electron chi connectivity index (χ0n) is 10.4. The highest BCUT2D eigenvalue weighted by molar-refractivity contribution is 5.74. The summed E-state index contributed by atoms with van der Waals surface area (Å²) in [6, 6.07) is 6.68. The van der Waals surface area contributed by atoms with Crippen LogP contribution >= 0.6 is 0 Å². The summed E-state index contributed by atoms with van der Waals surface area (Å²) in [5.41, 5.74) is 6.35. The van der Waals surface area contributed by atoms with E-state index in [0.29, 0.717) is 6.54 Å². The van der Waals surface area contributed by atoms with Gasteiger partial charge in [-0.05, 0) is 12.1 Å². The van der Waals surface area contributed by atoms with Gasteiger partial charge in [-0.3, -0.25) is 4.79 Å². The number of carbonyl (C=O) groups excluding carboxylic acids is 1. The minimum Gasteiger partial charge on any atom is -0.365 e. The minimum atomic E-state index is -0.230. The molecule has 1 saturated heterocycles. The van der Waals surface area contributed by atoms with Crippen LogP contribution in [0.25, 0.3) is 0 Å². The molecule has 0 bridgehead atoms. The Morgan fingerprint density at radius 2 is 1.67 bits per heavy atom. The third kappa shape index (κ3) is 3.78. The van der Waals surface area contributed by atoms with Crippen LogP contribution in [0.3, 0.4) is 0 Å². The van der Waals surface area contributed by atoms with E-state index in [9.17, 15) is 9.18 Å². The number of amides is 1. The van der Waals surface area contributed by atoms with Crippen molar-refractivity contribution in [1.82, 2.24) is 0 Å². The lowest BCUT2D eigenvalue weighted by atomic mass is 10.2. The van der Waals surface area contributed by atoms with Gasteiger partial charge >= 0.3 is 0 Å². The number of halogens is 1. The first kappa shape index (κ1) is 13.0. The molecule has 4 nitrogen and oxygen atoms in total. The van der Waals surface area contributed by atoms with E-state index in [0.717, 1.165) is 38.3 Å². The second-order valence-electron chi connectivity index (χ2n) is 4.95. The molecule has 0 unspecified atom stereocenters. The maximum Gasteiger partial charge on any atom is 0.272 e. The smallest absolute Gasteiger partial charge is 0.272 e. The highest BCUT2D eigenvalue weighted by Crippen LogP contribution is 2.00. The van der Waals surface area contributed by atoms with E-state index in [4.69, 9.17) is 5.73 Å². The van der Waals surface area contributed by atoms with Crippen LogP contribution < -0.4 is 15.5 Å². The first-order valence-corrected chi connectivity index (χ1v) is 6.33. The summed E-state index contributed by atoms with van der Waals surface area (Å²) < 4.78 is 12.8. The molecule has 0 spiro atoms. The molecule has 1 aliphatic rings. The number of nitrogens with one attached hydrogen (secondary N) is 2. The zero-order valence-corrected chi connectivity index (χ0v) is 10.4. The number of benzene rings is 1. The van der Waals surface area contributed by atoms with E-state index in [1.807, 2.05) is 12.1 Å². The number of quaternary nitrogens is 2. The molecule has 1 fully saturated rings. The van der Waals surface area contributed by atoms with Gasteiger partial charge in [0, 0.05) is 5.56 Å². The average molecular weight is 253 g/mol. The van der Waals surface area contributed by atoms with E-state index in [2.05, 4.69) is 0 Å². The van der Waals surface area contributed by atoms with Crippen molar-refractivity contribution >= 4 is 5.91 Å². The third-order valence-corrected chi connectivity index (χ3v) is 3.46. The molecule has 18 heavy (non-hydrogen) atoms. The van der Waals surface area contributed by atoms with E-state index in [-0.39, 0.29) is 11.7 Å². The van der Waals surface area contributed by atoms with Crippen molar-refractivity contribution in [2.45, 2.75) is 6.54 Å². The van der Waals surface area contributed by atoms with Crippen molar-refractivity contribution in [2.75, 3.05) is 32.7 Å². The van der Waals surface area contributed by atoms with Gasteiger partial charge in [-0.2, -0.15) is 0 Å². The Hall–Kier alpha value is -1.46. The SMILES string of the molecule is NC(=O)C[NH+]1CC[NH+](Cc2ccc(F)cc2)CC1. The second kappa shape index (κ2) is 5.93. The highest BCUT2D eigenvalue weighted by atomic mass is 19.1. The molecule has 0 atom stereocenters. The van der Waals surface area contributed by atoms with Gasteiger partial charge in [0.2, 0.25) is 0 Å². The summed E-state index contributed by atoms with van der Waals surface area (Å²) in [7, 11) is 0. The summed E-state index contributed by atoms with van der Waals surface area (Å²) in [6.45, 7) is 5.35. The molecule has 0 aromatic heterocycles. The summed E-state index contributed by atoms with van der Waals surface area (Å²) in [5.74, 6) is -0.420. The van der Waals surface area contributed by atoms with Crippen LogP contribution in [0.2, 0.25) is 0 Å². The van der Waals surface area contributed by atoms with Gasteiger partial charge in [-0.1, -0.05) is 12.1 Å². The molecule has 4 N–H and O–H groups in total. The number of piperazine rings is 1. The highest BCUT2D eigenvalue weighted by Gasteiger charge is 2.23. The molecule has 98 valence electrons. The summed E-state index contributed by atoms with van der Waals surface area (Å²) in [6.07, 6.45) is 0. The first-order chi connectivity index (χ1) is 8.63. The lowest BCUT2D eigenvalue weighted by Crippen LogP contribution is -3.28. The molecule has 1 heterocycles. The largest absolute Gasteiger partial charge is 0.365 e. The summed E-state index contributed by atoms with van der Waals surface area (Å²) >= 11 is 0. The Morgan fingerprint density at radius 1 is 1.11 bits per heavy atom. The van der Waals surface area contributed by atoms with Crippen LogP contribution in [0.1, 0.15) is 5.56 Å². The molecule has 1 aliphatic heterocycles. The van der Waals surface area contributed by atoms with Crippen molar-refractivity contribution in [2.24, 2.45) is 5.73 Å². The van der Waals surface area contributed by atoms with Crippen LogP contribution in [0.15, 0.2) is 24.3 Å². The van der Waals surface area contributed by atoms with Crippen molar-refractivity contribution in [1.29, 1.82) is 0 Å². The van der Waals surface area contributed by atoms with Crippen molar-refractivity contribution < 1.29 is 19.0 Å². The van der Waals surface area contributed by atoms with Gasteiger partial charge in [-0.25, -0.2) is 4.39 Å². The first-order valence-electron chi connectivity index (χ1n) is 6.33. The van der Waals surface area contributed by atoms with Gasteiger partial charge in [0.25, 0.3) is 5.91 Å². The number of rotatable bonds is 4. The Balaban J connectivity index is 1.79. The molecule has 1 amide bonds. The predicted molar refractivity (Wildman–Crippen MR) is 65.6 cm³/mol. The summed E-state index contributed by atoms with van der Waals surface area (Å²) in [5, 5.41) is 0. The van der Waals surface area contributed by atoms with E-state index < -0.39 is 0 Å². The molecule has 0 radical (unpaired) electrons. The number of hydrogen-bond acceptors (Lipinski definition) is 1. The summed E-state index contributed by atoms with van der Waals surface area (Å²) in [4.78, 5) is 13.6. The quantitative estimate of drug-likeness (QED) is 0.550. The van der Waals surface area contributed by atoms with Crippen molar-refractivity contribution in [3.8, 4) is 0 Å². The topological polar surface area (TPSA) is 52.0 Å². The standard InChI is InChI=1S/C13H18FN3O/c14-12-3-1-11(2-4-12)9-16-5-7-17(8-6-16)10-13(15)18/h1-4H,5-10H2,(H2,15,18)/p+2. The van der Waals surface area contributed by atoms with Gasteiger partial charge < -0.3 is 15.5 Å². The Labute approximate surface area is 106 Å². The monoisotopic (exact) mass is 253 g/mol. The molecular weight excluding hydrogens is 233 g/mol. The normalized spacial score (nSPS) is 23.8. The number of carbonyl (C=O) groups is 1. The van der Waals surface area contributed by atoms with Crippen LogP contribution in [0.4, 0.5) is 4.39 Å². The molecule has 5 heteroatoms. The number of nitrogens with two attached hydrogens (primary N) is 1. The molecular formula is C13H20FN3O+2. The van der Waals surface area contributed by atoms with Crippen LogP contribution in [0.5, 0.6) is 0 Å². The second-order valence-corrected chi connectivity index (χ2v) is 4.95. The fraction of sp³-hybridized carbons (Fsp3) is 0.462. The maximum absolute atomic E-state index is 12.8.